The Hall–Kier alpha value is -2.80. The number of anilines is 1. The number of pyridine rings is 2. The Morgan fingerprint density at radius 3 is 2.68 bits per heavy atom. The third-order valence-corrected chi connectivity index (χ3v) is 7.62. The van der Waals surface area contributed by atoms with E-state index in [1.807, 2.05) is 6.92 Å². The molecule has 3 aromatic rings. The Bertz CT molecular complexity index is 1440. The average molecular weight is 538 g/mol. The van der Waals surface area contributed by atoms with Gasteiger partial charge in [0, 0.05) is 36.8 Å². The van der Waals surface area contributed by atoms with Gasteiger partial charge in [0.1, 0.15) is 11.5 Å². The molecule has 1 aliphatic heterocycles. The minimum Gasteiger partial charge on any atom is -0.869 e. The van der Waals surface area contributed by atoms with E-state index in [0.29, 0.717) is 31.4 Å². The first-order valence-corrected chi connectivity index (χ1v) is 13.1. The van der Waals surface area contributed by atoms with Crippen molar-refractivity contribution in [3.05, 3.63) is 59.2 Å². The third-order valence-electron chi connectivity index (χ3n) is 5.79. The number of carbonyl (C=O) groups is 2. The van der Waals surface area contributed by atoms with Gasteiger partial charge in [-0.1, -0.05) is 13.0 Å². The first-order chi connectivity index (χ1) is 17.2. The minimum atomic E-state index is -3.68. The third kappa shape index (κ3) is 6.20. The van der Waals surface area contributed by atoms with Crippen LogP contribution >= 0.6 is 0 Å². The first kappa shape index (κ1) is 28.8. The number of carbonyl (C=O) groups excluding carboxylic acids is 2. The van der Waals surface area contributed by atoms with Crippen molar-refractivity contribution in [3.8, 4) is 5.75 Å². The number of benzene rings is 1. The molecule has 2 N–H and O–H groups in total. The van der Waals surface area contributed by atoms with Crippen LogP contribution in [0.4, 0.5) is 10.2 Å². The van der Waals surface area contributed by atoms with Crippen molar-refractivity contribution in [1.82, 2.24) is 20.6 Å². The predicted octanol–water partition coefficient (Wildman–Crippen LogP) is -1.15. The van der Waals surface area contributed by atoms with Gasteiger partial charge in [0.2, 0.25) is 10.0 Å². The Kier molecular flexibility index (Phi) is 9.46. The molecule has 1 aliphatic rings. The van der Waals surface area contributed by atoms with Gasteiger partial charge in [0.25, 0.3) is 11.8 Å². The molecule has 1 saturated heterocycles. The first-order valence-electron chi connectivity index (χ1n) is 11.5. The van der Waals surface area contributed by atoms with Gasteiger partial charge >= 0.3 is 29.6 Å². The number of amides is 2. The normalized spacial score (nSPS) is 14.6. The largest absolute Gasteiger partial charge is 1.00 e. The molecule has 0 bridgehead atoms. The fraction of sp³-hybridized carbons (Fsp3) is 0.333. The summed E-state index contributed by atoms with van der Waals surface area (Å²) in [6, 6.07) is 6.70. The zero-order valence-corrected chi connectivity index (χ0v) is 23.4. The van der Waals surface area contributed by atoms with Crippen molar-refractivity contribution in [2.75, 3.05) is 23.1 Å². The number of nitrogens with one attached hydrogen (secondary N) is 2. The molecule has 0 atom stereocenters. The number of hydrogen-bond donors (Lipinski definition) is 2. The summed E-state index contributed by atoms with van der Waals surface area (Å²) in [5.41, 5.74) is -0.200. The zero-order valence-electron chi connectivity index (χ0n) is 20.6. The Labute approximate surface area is 236 Å². The molecule has 2 aromatic heterocycles. The van der Waals surface area contributed by atoms with Crippen LogP contribution in [-0.4, -0.2) is 49.0 Å². The number of aromatic nitrogens is 2. The van der Waals surface area contributed by atoms with Crippen LogP contribution in [0.15, 0.2) is 36.5 Å². The summed E-state index contributed by atoms with van der Waals surface area (Å²) in [6.07, 6.45) is 3.18. The molecule has 2 amide bonds. The summed E-state index contributed by atoms with van der Waals surface area (Å²) < 4.78 is 40.4. The van der Waals surface area contributed by atoms with Crippen LogP contribution in [0.5, 0.6) is 5.75 Å². The second kappa shape index (κ2) is 12.2. The van der Waals surface area contributed by atoms with Crippen molar-refractivity contribution >= 4 is 38.6 Å². The Morgan fingerprint density at radius 2 is 1.95 bits per heavy atom. The molecule has 0 saturated carbocycles. The van der Waals surface area contributed by atoms with Crippen LogP contribution in [0.3, 0.4) is 0 Å². The Balaban J connectivity index is 0.00000380. The van der Waals surface area contributed by atoms with Gasteiger partial charge in [0.05, 0.1) is 11.3 Å². The van der Waals surface area contributed by atoms with Crippen molar-refractivity contribution in [1.29, 1.82) is 0 Å². The van der Waals surface area contributed by atoms with Gasteiger partial charge in [0.15, 0.2) is 5.82 Å². The van der Waals surface area contributed by atoms with Crippen molar-refractivity contribution < 1.29 is 57.1 Å². The number of nitrogens with zero attached hydrogens (tertiary/aromatic N) is 3. The fourth-order valence-electron chi connectivity index (χ4n) is 3.97. The number of fused-ring (bicyclic) bond motifs is 1. The molecule has 37 heavy (non-hydrogen) atoms. The standard InChI is InChI=1S/C24H26FN5O5S.Na/c1-2-9-27-23(32)18-13-16(25)8-7-15(18)14-28-24(33)20-21(31)19-17(6-5-10-26-19)22(29-20)30-11-3-4-12-36(30,34)35;/h5-8,10,13,31H,2-4,9,11-12,14H2,1H3,(H,27,32)(H,28,33);/q;+1/p-1. The maximum atomic E-state index is 13.8. The second-order valence-electron chi connectivity index (χ2n) is 8.35. The predicted molar refractivity (Wildman–Crippen MR) is 130 cm³/mol. The quantitative estimate of drug-likeness (QED) is 0.362. The SMILES string of the molecule is CCCNC(=O)c1cc(F)ccc1CNC(=O)c1nc(N2CCCCS2(=O)=O)c2cccnc2c1[O-].[Na+]. The zero-order chi connectivity index (χ0) is 25.9. The minimum absolute atomic E-state index is 0. The van der Waals surface area contributed by atoms with Gasteiger partial charge < -0.3 is 15.7 Å². The number of rotatable bonds is 7. The summed E-state index contributed by atoms with van der Waals surface area (Å²) in [4.78, 5) is 33.8. The molecular formula is C24H25FN5NaO5S. The van der Waals surface area contributed by atoms with Crippen molar-refractivity contribution in [2.45, 2.75) is 32.7 Å². The van der Waals surface area contributed by atoms with Crippen LogP contribution in [0.25, 0.3) is 10.9 Å². The molecule has 0 spiro atoms. The van der Waals surface area contributed by atoms with E-state index in [9.17, 15) is 27.5 Å². The van der Waals surface area contributed by atoms with Crippen LogP contribution in [0.2, 0.25) is 0 Å². The second-order valence-corrected chi connectivity index (χ2v) is 10.4. The summed E-state index contributed by atoms with van der Waals surface area (Å²) in [6.45, 7) is 2.26. The summed E-state index contributed by atoms with van der Waals surface area (Å²) >= 11 is 0. The van der Waals surface area contributed by atoms with E-state index in [-0.39, 0.29) is 70.7 Å². The molecule has 1 fully saturated rings. The van der Waals surface area contributed by atoms with Crippen LogP contribution in [0, 0.1) is 5.82 Å². The number of hydrogen-bond acceptors (Lipinski definition) is 7. The summed E-state index contributed by atoms with van der Waals surface area (Å²) in [7, 11) is -3.68. The molecule has 0 radical (unpaired) electrons. The topological polar surface area (TPSA) is 144 Å². The summed E-state index contributed by atoms with van der Waals surface area (Å²) in [5.74, 6) is -2.80. The fourth-order valence-corrected chi connectivity index (χ4v) is 5.57. The molecule has 1 aromatic carbocycles. The molecule has 0 unspecified atom stereocenters. The van der Waals surface area contributed by atoms with E-state index in [1.54, 1.807) is 6.07 Å². The van der Waals surface area contributed by atoms with Gasteiger partial charge in [-0.25, -0.2) is 17.8 Å². The molecule has 190 valence electrons. The van der Waals surface area contributed by atoms with Gasteiger partial charge in [-0.15, -0.1) is 0 Å². The molecule has 3 heterocycles. The number of sulfonamides is 1. The van der Waals surface area contributed by atoms with Gasteiger partial charge in [-0.2, -0.15) is 0 Å². The summed E-state index contributed by atoms with van der Waals surface area (Å²) in [5, 5.41) is 18.5. The average Bonchev–Trinajstić information content (AvgIpc) is 2.87. The van der Waals surface area contributed by atoms with Gasteiger partial charge in [-0.05, 0) is 54.8 Å². The molecule has 0 aliphatic carbocycles. The Morgan fingerprint density at radius 1 is 1.16 bits per heavy atom. The van der Waals surface area contributed by atoms with E-state index in [2.05, 4.69) is 20.6 Å². The van der Waals surface area contributed by atoms with E-state index in [1.165, 1.54) is 18.3 Å². The smallest absolute Gasteiger partial charge is 0.869 e. The van der Waals surface area contributed by atoms with E-state index in [4.69, 9.17) is 0 Å². The van der Waals surface area contributed by atoms with E-state index in [0.717, 1.165) is 16.4 Å². The van der Waals surface area contributed by atoms with Crippen molar-refractivity contribution in [2.24, 2.45) is 0 Å². The van der Waals surface area contributed by atoms with Crippen molar-refractivity contribution in [3.63, 3.8) is 0 Å². The van der Waals surface area contributed by atoms with Crippen LogP contribution < -0.4 is 49.6 Å². The van der Waals surface area contributed by atoms with Crippen LogP contribution in [-0.2, 0) is 16.6 Å². The molecule has 10 nitrogen and oxygen atoms in total. The maximum absolute atomic E-state index is 13.8. The molecule has 4 rings (SSSR count). The monoisotopic (exact) mass is 537 g/mol. The number of halogens is 1. The van der Waals surface area contributed by atoms with Gasteiger partial charge in [-0.3, -0.25) is 18.9 Å². The van der Waals surface area contributed by atoms with Crippen LogP contribution in [0.1, 0.15) is 52.6 Å². The molecule has 13 heteroatoms. The van der Waals surface area contributed by atoms with E-state index < -0.39 is 39.1 Å². The van der Waals surface area contributed by atoms with E-state index >= 15 is 0 Å². The maximum Gasteiger partial charge on any atom is 1.00 e. The molecular weight excluding hydrogens is 512 g/mol.